The summed E-state index contributed by atoms with van der Waals surface area (Å²) in [6.45, 7) is 3.88. The monoisotopic (exact) mass is 214 g/mol. The van der Waals surface area contributed by atoms with Gasteiger partial charge in [0.15, 0.2) is 0 Å². The highest BCUT2D eigenvalue weighted by molar-refractivity contribution is 6.16. The quantitative estimate of drug-likeness (QED) is 0.722. The molecule has 2 heterocycles. The molecule has 78 valence electrons. The Hall–Kier alpha value is -0.540. The average Bonchev–Trinajstić information content (AvgIpc) is 2.75. The number of aromatic nitrogens is 2. The number of hydrogen-bond donors (Lipinski definition) is 0. The first-order chi connectivity index (χ1) is 6.73. The van der Waals surface area contributed by atoms with E-state index in [2.05, 4.69) is 16.5 Å². The molecule has 1 aliphatic rings. The zero-order valence-corrected chi connectivity index (χ0v) is 9.13. The Bertz CT molecular complexity index is 305. The summed E-state index contributed by atoms with van der Waals surface area (Å²) >= 11 is 5.80. The fourth-order valence-electron chi connectivity index (χ4n) is 1.92. The first-order valence-electron chi connectivity index (χ1n) is 4.92. The van der Waals surface area contributed by atoms with Crippen molar-refractivity contribution in [2.24, 2.45) is 0 Å². The first-order valence-corrected chi connectivity index (χ1v) is 5.46. The van der Waals surface area contributed by atoms with Gasteiger partial charge in [0.05, 0.1) is 30.0 Å². The summed E-state index contributed by atoms with van der Waals surface area (Å²) in [7, 11) is 0. The van der Waals surface area contributed by atoms with Crippen molar-refractivity contribution in [1.82, 2.24) is 9.55 Å². The second-order valence-corrected chi connectivity index (χ2v) is 4.32. The van der Waals surface area contributed by atoms with Gasteiger partial charge in [0.2, 0.25) is 0 Å². The molecule has 0 N–H and O–H groups in total. The number of hydrogen-bond acceptors (Lipinski definition) is 2. The Kier molecular flexibility index (Phi) is 2.79. The molecule has 0 aromatic carbocycles. The first kappa shape index (κ1) is 9.99. The van der Waals surface area contributed by atoms with E-state index in [9.17, 15) is 0 Å². The number of halogens is 1. The fraction of sp³-hybridized carbons (Fsp3) is 0.700. The summed E-state index contributed by atoms with van der Waals surface area (Å²) in [6.07, 6.45) is 5.91. The van der Waals surface area contributed by atoms with Crippen molar-refractivity contribution in [3.63, 3.8) is 0 Å². The maximum absolute atomic E-state index is 5.80. The van der Waals surface area contributed by atoms with Gasteiger partial charge < -0.3 is 9.30 Å². The Morgan fingerprint density at radius 1 is 1.71 bits per heavy atom. The van der Waals surface area contributed by atoms with Gasteiger partial charge in [0, 0.05) is 12.8 Å². The molecule has 1 aromatic heterocycles. The molecule has 0 radical (unpaired) electrons. The second-order valence-electron chi connectivity index (χ2n) is 4.05. The summed E-state index contributed by atoms with van der Waals surface area (Å²) in [5.74, 6) is 0.510. The standard InChI is InChI=1S/C10H15ClN2O/c1-10(3-2-4-14-10)7-13-8-12-6-9(13)5-11/h6,8H,2-5,7H2,1H3. The van der Waals surface area contributed by atoms with Crippen molar-refractivity contribution in [2.75, 3.05) is 6.61 Å². The number of nitrogens with zero attached hydrogens (tertiary/aromatic N) is 2. The van der Waals surface area contributed by atoms with Crippen LogP contribution in [-0.2, 0) is 17.2 Å². The molecule has 4 heteroatoms. The molecule has 2 rings (SSSR count). The van der Waals surface area contributed by atoms with Crippen LogP contribution >= 0.6 is 11.6 Å². The highest BCUT2D eigenvalue weighted by Crippen LogP contribution is 2.27. The minimum Gasteiger partial charge on any atom is -0.373 e. The zero-order valence-electron chi connectivity index (χ0n) is 8.37. The summed E-state index contributed by atoms with van der Waals surface area (Å²) in [5.41, 5.74) is 1.03. The van der Waals surface area contributed by atoms with Crippen LogP contribution in [0.1, 0.15) is 25.5 Å². The normalized spacial score (nSPS) is 27.0. The molecular weight excluding hydrogens is 200 g/mol. The van der Waals surface area contributed by atoms with Gasteiger partial charge >= 0.3 is 0 Å². The van der Waals surface area contributed by atoms with E-state index in [0.717, 1.165) is 31.7 Å². The molecule has 1 unspecified atom stereocenters. The zero-order chi connectivity index (χ0) is 10.0. The second kappa shape index (κ2) is 3.91. The highest BCUT2D eigenvalue weighted by Gasteiger charge is 2.30. The van der Waals surface area contributed by atoms with Crippen molar-refractivity contribution >= 4 is 11.6 Å². The molecule has 1 fully saturated rings. The van der Waals surface area contributed by atoms with Crippen LogP contribution in [0.25, 0.3) is 0 Å². The Morgan fingerprint density at radius 2 is 2.57 bits per heavy atom. The summed E-state index contributed by atoms with van der Waals surface area (Å²) in [6, 6.07) is 0. The predicted octanol–water partition coefficient (Wildman–Crippen LogP) is 2.19. The number of rotatable bonds is 3. The van der Waals surface area contributed by atoms with Gasteiger partial charge in [-0.15, -0.1) is 11.6 Å². The number of alkyl halides is 1. The van der Waals surface area contributed by atoms with Crippen LogP contribution < -0.4 is 0 Å². The third-order valence-corrected chi connectivity index (χ3v) is 3.01. The third-order valence-electron chi connectivity index (χ3n) is 2.74. The lowest BCUT2D eigenvalue weighted by Gasteiger charge is -2.24. The Morgan fingerprint density at radius 3 is 3.21 bits per heavy atom. The third kappa shape index (κ3) is 1.93. The van der Waals surface area contributed by atoms with Crippen LogP contribution in [0.2, 0.25) is 0 Å². The van der Waals surface area contributed by atoms with Gasteiger partial charge in [-0.05, 0) is 19.8 Å². The van der Waals surface area contributed by atoms with Crippen LogP contribution in [0, 0.1) is 0 Å². The van der Waals surface area contributed by atoms with Crippen molar-refractivity contribution < 1.29 is 4.74 Å². The van der Waals surface area contributed by atoms with E-state index in [-0.39, 0.29) is 5.60 Å². The van der Waals surface area contributed by atoms with Crippen LogP contribution in [0.15, 0.2) is 12.5 Å². The van der Waals surface area contributed by atoms with Gasteiger partial charge in [-0.25, -0.2) is 4.98 Å². The lowest BCUT2D eigenvalue weighted by molar-refractivity contribution is 0.00578. The molecular formula is C10H15ClN2O. The van der Waals surface area contributed by atoms with Gasteiger partial charge in [-0.1, -0.05) is 0 Å². The van der Waals surface area contributed by atoms with Crippen LogP contribution in [0.3, 0.4) is 0 Å². The van der Waals surface area contributed by atoms with E-state index >= 15 is 0 Å². The van der Waals surface area contributed by atoms with Crippen molar-refractivity contribution in [3.8, 4) is 0 Å². The van der Waals surface area contributed by atoms with Crippen molar-refractivity contribution in [1.29, 1.82) is 0 Å². The van der Waals surface area contributed by atoms with E-state index < -0.39 is 0 Å². The van der Waals surface area contributed by atoms with Gasteiger partial charge in [-0.3, -0.25) is 0 Å². The summed E-state index contributed by atoms with van der Waals surface area (Å²) in [4.78, 5) is 4.09. The molecule has 0 bridgehead atoms. The van der Waals surface area contributed by atoms with E-state index in [1.165, 1.54) is 0 Å². The lowest BCUT2D eigenvalue weighted by atomic mass is 10.0. The number of ether oxygens (including phenoxy) is 1. The topological polar surface area (TPSA) is 27.1 Å². The van der Waals surface area contributed by atoms with Crippen LogP contribution in [0.5, 0.6) is 0 Å². The minimum atomic E-state index is -0.0263. The lowest BCUT2D eigenvalue weighted by Crippen LogP contribution is -2.29. The van der Waals surface area contributed by atoms with Crippen LogP contribution in [0.4, 0.5) is 0 Å². The highest BCUT2D eigenvalue weighted by atomic mass is 35.5. The van der Waals surface area contributed by atoms with Gasteiger partial charge in [0.25, 0.3) is 0 Å². The average molecular weight is 215 g/mol. The SMILES string of the molecule is CC1(Cn2cncc2CCl)CCCO1. The fourth-order valence-corrected chi connectivity index (χ4v) is 2.15. The Labute approximate surface area is 89.0 Å². The van der Waals surface area contributed by atoms with Crippen LogP contribution in [-0.4, -0.2) is 21.8 Å². The molecule has 0 aliphatic carbocycles. The smallest absolute Gasteiger partial charge is 0.0949 e. The molecule has 1 aliphatic heterocycles. The van der Waals surface area contributed by atoms with Gasteiger partial charge in [0.1, 0.15) is 0 Å². The summed E-state index contributed by atoms with van der Waals surface area (Å²) < 4.78 is 7.80. The van der Waals surface area contributed by atoms with Crippen molar-refractivity contribution in [2.45, 2.75) is 37.8 Å². The summed E-state index contributed by atoms with van der Waals surface area (Å²) in [5, 5.41) is 0. The number of imidazole rings is 1. The molecule has 14 heavy (non-hydrogen) atoms. The predicted molar refractivity (Wildman–Crippen MR) is 55.4 cm³/mol. The largest absolute Gasteiger partial charge is 0.373 e. The van der Waals surface area contributed by atoms with E-state index in [4.69, 9.17) is 16.3 Å². The maximum atomic E-state index is 5.80. The maximum Gasteiger partial charge on any atom is 0.0949 e. The molecule has 3 nitrogen and oxygen atoms in total. The van der Waals surface area contributed by atoms with Crippen molar-refractivity contribution in [3.05, 3.63) is 18.2 Å². The van der Waals surface area contributed by atoms with E-state index in [1.807, 2.05) is 12.5 Å². The molecule has 1 aromatic rings. The molecule has 0 spiro atoms. The molecule has 0 amide bonds. The molecule has 1 saturated heterocycles. The minimum absolute atomic E-state index is 0.0263. The van der Waals surface area contributed by atoms with E-state index in [1.54, 1.807) is 0 Å². The van der Waals surface area contributed by atoms with E-state index in [0.29, 0.717) is 5.88 Å². The molecule has 0 saturated carbocycles. The van der Waals surface area contributed by atoms with Gasteiger partial charge in [-0.2, -0.15) is 0 Å². The Balaban J connectivity index is 2.09. The molecule has 1 atom stereocenters.